The fraction of sp³-hybridized carbons (Fsp3) is 0.647. The molecule has 0 heterocycles. The molecule has 1 nitrogen and oxygen atoms in total. The van der Waals surface area contributed by atoms with E-state index in [4.69, 9.17) is 0 Å². The van der Waals surface area contributed by atoms with Crippen molar-refractivity contribution in [1.82, 2.24) is 0 Å². The molecule has 0 aromatic heterocycles. The zero-order valence-electron chi connectivity index (χ0n) is 13.6. The summed E-state index contributed by atoms with van der Waals surface area (Å²) in [7, 11) is 2.01. The maximum atomic E-state index is 3.36. The van der Waals surface area contributed by atoms with Crippen LogP contribution in [0.3, 0.4) is 0 Å². The van der Waals surface area contributed by atoms with Crippen LogP contribution in [0.2, 0.25) is 0 Å². The smallest absolute Gasteiger partial charge is 0.0381 e. The zero-order valence-corrected chi connectivity index (χ0v) is 13.6. The molecular formula is C17H29N. The molecule has 102 valence electrons. The summed E-state index contributed by atoms with van der Waals surface area (Å²) in [5.74, 6) is 0. The molecule has 0 aliphatic carbocycles. The van der Waals surface area contributed by atoms with E-state index in [0.29, 0.717) is 0 Å². The van der Waals surface area contributed by atoms with Gasteiger partial charge in [-0.1, -0.05) is 41.5 Å². The average Bonchev–Trinajstić information content (AvgIpc) is 2.11. The van der Waals surface area contributed by atoms with Gasteiger partial charge in [-0.15, -0.1) is 0 Å². The SMILES string of the molecule is CNc1cc(C)c(C(C)(C)C)c(C)c1C(C)(C)C. The summed E-state index contributed by atoms with van der Waals surface area (Å²) in [6, 6.07) is 2.30. The summed E-state index contributed by atoms with van der Waals surface area (Å²) >= 11 is 0. The van der Waals surface area contributed by atoms with E-state index in [2.05, 4.69) is 66.8 Å². The van der Waals surface area contributed by atoms with Crippen LogP contribution >= 0.6 is 0 Å². The van der Waals surface area contributed by atoms with E-state index in [9.17, 15) is 0 Å². The normalized spacial score (nSPS) is 12.7. The molecule has 0 atom stereocenters. The Bertz CT molecular complexity index is 442. The maximum Gasteiger partial charge on any atom is 0.0381 e. The van der Waals surface area contributed by atoms with Crippen molar-refractivity contribution in [3.63, 3.8) is 0 Å². The molecule has 0 saturated carbocycles. The molecule has 1 aromatic rings. The third-order valence-electron chi connectivity index (χ3n) is 3.54. The van der Waals surface area contributed by atoms with Gasteiger partial charge >= 0.3 is 0 Å². The van der Waals surface area contributed by atoms with Gasteiger partial charge in [0.15, 0.2) is 0 Å². The van der Waals surface area contributed by atoms with Crippen molar-refractivity contribution in [2.45, 2.75) is 66.2 Å². The average molecular weight is 247 g/mol. The highest BCUT2D eigenvalue weighted by molar-refractivity contribution is 5.63. The lowest BCUT2D eigenvalue weighted by Gasteiger charge is -2.32. The molecule has 0 fully saturated rings. The van der Waals surface area contributed by atoms with Gasteiger partial charge in [-0.05, 0) is 53.0 Å². The molecule has 18 heavy (non-hydrogen) atoms. The van der Waals surface area contributed by atoms with Crippen LogP contribution in [0.1, 0.15) is 63.8 Å². The third kappa shape index (κ3) is 2.71. The number of benzene rings is 1. The standard InChI is InChI=1S/C17H29N/c1-11-10-13(18-9)15(17(6,7)8)12(2)14(11)16(3,4)5/h10,18H,1-9H3. The number of nitrogens with one attached hydrogen (secondary N) is 1. The molecule has 0 spiro atoms. The predicted molar refractivity (Wildman–Crippen MR) is 82.9 cm³/mol. The van der Waals surface area contributed by atoms with Crippen LogP contribution in [0, 0.1) is 13.8 Å². The van der Waals surface area contributed by atoms with E-state index < -0.39 is 0 Å². The largest absolute Gasteiger partial charge is 0.388 e. The van der Waals surface area contributed by atoms with Crippen molar-refractivity contribution in [1.29, 1.82) is 0 Å². The number of aryl methyl sites for hydroxylation is 1. The van der Waals surface area contributed by atoms with Crippen LogP contribution in [0.15, 0.2) is 6.07 Å². The van der Waals surface area contributed by atoms with Gasteiger partial charge in [-0.2, -0.15) is 0 Å². The molecule has 0 amide bonds. The Balaban J connectivity index is 3.71. The van der Waals surface area contributed by atoms with Gasteiger partial charge in [-0.25, -0.2) is 0 Å². The molecule has 0 radical (unpaired) electrons. The zero-order chi connectivity index (χ0) is 14.3. The minimum Gasteiger partial charge on any atom is -0.388 e. The van der Waals surface area contributed by atoms with Crippen LogP contribution in [0.5, 0.6) is 0 Å². The molecular weight excluding hydrogens is 218 g/mol. The van der Waals surface area contributed by atoms with Gasteiger partial charge < -0.3 is 5.32 Å². The maximum absolute atomic E-state index is 3.36. The minimum absolute atomic E-state index is 0.163. The summed E-state index contributed by atoms with van der Waals surface area (Å²) in [6.07, 6.45) is 0. The molecule has 0 bridgehead atoms. The van der Waals surface area contributed by atoms with Crippen molar-refractivity contribution in [2.24, 2.45) is 0 Å². The summed E-state index contributed by atoms with van der Waals surface area (Å²) < 4.78 is 0. The van der Waals surface area contributed by atoms with Gasteiger partial charge in [0.05, 0.1) is 0 Å². The molecule has 1 heteroatoms. The molecule has 0 saturated heterocycles. The van der Waals surface area contributed by atoms with Gasteiger partial charge in [-0.3, -0.25) is 0 Å². The van der Waals surface area contributed by atoms with Crippen molar-refractivity contribution in [3.8, 4) is 0 Å². The van der Waals surface area contributed by atoms with E-state index in [1.54, 1.807) is 0 Å². The van der Waals surface area contributed by atoms with Crippen LogP contribution < -0.4 is 5.32 Å². The highest BCUT2D eigenvalue weighted by Gasteiger charge is 2.27. The highest BCUT2D eigenvalue weighted by Crippen LogP contribution is 2.39. The first-order chi connectivity index (χ1) is 8.00. The minimum atomic E-state index is 0.163. The Kier molecular flexibility index (Phi) is 3.86. The fourth-order valence-electron chi connectivity index (χ4n) is 3.30. The second-order valence-electron chi connectivity index (χ2n) is 7.37. The number of hydrogen-bond acceptors (Lipinski definition) is 1. The number of rotatable bonds is 1. The Morgan fingerprint density at radius 3 is 1.61 bits per heavy atom. The lowest BCUT2D eigenvalue weighted by atomic mass is 9.74. The van der Waals surface area contributed by atoms with E-state index in [-0.39, 0.29) is 10.8 Å². The Morgan fingerprint density at radius 1 is 0.833 bits per heavy atom. The number of anilines is 1. The molecule has 0 aliphatic heterocycles. The Morgan fingerprint density at radius 2 is 1.28 bits per heavy atom. The second kappa shape index (κ2) is 4.60. The predicted octanol–water partition coefficient (Wildman–Crippen LogP) is 4.94. The lowest BCUT2D eigenvalue weighted by molar-refractivity contribution is 0.559. The summed E-state index contributed by atoms with van der Waals surface area (Å²) in [4.78, 5) is 0. The van der Waals surface area contributed by atoms with Crippen LogP contribution in [-0.4, -0.2) is 7.05 Å². The highest BCUT2D eigenvalue weighted by atomic mass is 14.8. The van der Waals surface area contributed by atoms with E-state index in [1.165, 1.54) is 27.9 Å². The van der Waals surface area contributed by atoms with E-state index in [0.717, 1.165) is 0 Å². The quantitative estimate of drug-likeness (QED) is 0.741. The van der Waals surface area contributed by atoms with E-state index in [1.807, 2.05) is 7.05 Å². The first kappa shape index (κ1) is 15.1. The topological polar surface area (TPSA) is 12.0 Å². The van der Waals surface area contributed by atoms with Crippen LogP contribution in [0.25, 0.3) is 0 Å². The van der Waals surface area contributed by atoms with Gasteiger partial charge in [0, 0.05) is 12.7 Å². The van der Waals surface area contributed by atoms with Crippen LogP contribution in [0.4, 0.5) is 5.69 Å². The summed E-state index contributed by atoms with van der Waals surface area (Å²) in [5.41, 5.74) is 7.39. The van der Waals surface area contributed by atoms with Gasteiger partial charge in [0.1, 0.15) is 0 Å². The molecule has 0 aliphatic rings. The third-order valence-corrected chi connectivity index (χ3v) is 3.54. The molecule has 1 rings (SSSR count). The fourth-order valence-corrected chi connectivity index (χ4v) is 3.30. The molecule has 1 aromatic carbocycles. The first-order valence-electron chi connectivity index (χ1n) is 6.83. The van der Waals surface area contributed by atoms with Crippen molar-refractivity contribution in [3.05, 3.63) is 28.3 Å². The van der Waals surface area contributed by atoms with Gasteiger partial charge in [0.25, 0.3) is 0 Å². The lowest BCUT2D eigenvalue weighted by Crippen LogP contribution is -2.22. The van der Waals surface area contributed by atoms with Gasteiger partial charge in [0.2, 0.25) is 0 Å². The molecule has 1 N–H and O–H groups in total. The monoisotopic (exact) mass is 247 g/mol. The van der Waals surface area contributed by atoms with Crippen molar-refractivity contribution in [2.75, 3.05) is 12.4 Å². The Hall–Kier alpha value is -0.980. The first-order valence-corrected chi connectivity index (χ1v) is 6.83. The number of hydrogen-bond donors (Lipinski definition) is 1. The summed E-state index contributed by atoms with van der Waals surface area (Å²) in [6.45, 7) is 18.3. The second-order valence-corrected chi connectivity index (χ2v) is 7.37. The van der Waals surface area contributed by atoms with Crippen LogP contribution in [-0.2, 0) is 10.8 Å². The van der Waals surface area contributed by atoms with E-state index >= 15 is 0 Å². The Labute approximate surface area is 113 Å². The van der Waals surface area contributed by atoms with Crippen molar-refractivity contribution < 1.29 is 0 Å². The molecule has 0 unspecified atom stereocenters. The summed E-state index contributed by atoms with van der Waals surface area (Å²) in [5, 5.41) is 3.36. The van der Waals surface area contributed by atoms with Crippen molar-refractivity contribution >= 4 is 5.69 Å².